The van der Waals surface area contributed by atoms with E-state index in [9.17, 15) is 13.2 Å². The molecule has 0 aliphatic rings. The summed E-state index contributed by atoms with van der Waals surface area (Å²) in [5.74, 6) is -0.229. The number of amides is 1. The summed E-state index contributed by atoms with van der Waals surface area (Å²) in [6.07, 6.45) is 4.08. The molecule has 0 atom stereocenters. The summed E-state index contributed by atoms with van der Waals surface area (Å²) in [5.41, 5.74) is 6.05. The summed E-state index contributed by atoms with van der Waals surface area (Å²) in [7, 11) is -3.18. The van der Waals surface area contributed by atoms with Gasteiger partial charge in [-0.05, 0) is 17.7 Å². The van der Waals surface area contributed by atoms with Crippen molar-refractivity contribution < 1.29 is 13.2 Å². The monoisotopic (exact) mass is 268 g/mol. The molecule has 0 saturated carbocycles. The Morgan fingerprint density at radius 1 is 1.33 bits per heavy atom. The normalized spacial score (nSPS) is 11.7. The van der Waals surface area contributed by atoms with Crippen LogP contribution < -0.4 is 11.1 Å². The molecule has 18 heavy (non-hydrogen) atoms. The molecule has 0 unspecified atom stereocenters. The molecule has 6 heteroatoms. The van der Waals surface area contributed by atoms with Gasteiger partial charge in [-0.3, -0.25) is 4.79 Å². The topological polar surface area (TPSA) is 89.3 Å². The number of nitrogens with one attached hydrogen (secondary N) is 1. The Morgan fingerprint density at radius 3 is 2.44 bits per heavy atom. The highest BCUT2D eigenvalue weighted by molar-refractivity contribution is 7.90. The Morgan fingerprint density at radius 2 is 1.94 bits per heavy atom. The lowest BCUT2D eigenvalue weighted by atomic mass is 10.2. The van der Waals surface area contributed by atoms with Gasteiger partial charge in [0.15, 0.2) is 9.84 Å². The molecule has 0 aromatic heterocycles. The van der Waals surface area contributed by atoms with E-state index in [1.54, 1.807) is 18.2 Å². The summed E-state index contributed by atoms with van der Waals surface area (Å²) >= 11 is 0. The molecule has 5 nitrogen and oxygen atoms in total. The van der Waals surface area contributed by atoms with Crippen molar-refractivity contribution in [1.82, 2.24) is 5.32 Å². The third-order valence-corrected chi connectivity index (χ3v) is 3.35. The first kappa shape index (κ1) is 14.4. The first-order chi connectivity index (χ1) is 8.43. The first-order valence-corrected chi connectivity index (χ1v) is 7.26. The second-order valence-corrected chi connectivity index (χ2v) is 5.79. The number of benzene rings is 1. The summed E-state index contributed by atoms with van der Waals surface area (Å²) in [4.78, 5) is 11.5. The van der Waals surface area contributed by atoms with Crippen LogP contribution in [0.15, 0.2) is 41.3 Å². The molecule has 0 aliphatic heterocycles. The van der Waals surface area contributed by atoms with Crippen LogP contribution in [0.1, 0.15) is 5.56 Å². The van der Waals surface area contributed by atoms with Crippen molar-refractivity contribution in [3.05, 3.63) is 42.0 Å². The summed E-state index contributed by atoms with van der Waals surface area (Å²) in [6, 6.07) is 6.38. The number of nitrogens with two attached hydrogens (primary N) is 1. The fourth-order valence-corrected chi connectivity index (χ4v) is 1.91. The molecule has 1 aromatic carbocycles. The number of carbonyl (C=O) groups excluding carboxylic acids is 1. The predicted octanol–water partition coefficient (Wildman–Crippen LogP) is 0.221. The quantitative estimate of drug-likeness (QED) is 0.748. The van der Waals surface area contributed by atoms with Gasteiger partial charge in [0.2, 0.25) is 5.91 Å². The van der Waals surface area contributed by atoms with Gasteiger partial charge in [0.1, 0.15) is 0 Å². The van der Waals surface area contributed by atoms with Crippen molar-refractivity contribution in [2.45, 2.75) is 11.4 Å². The standard InChI is InChI=1S/C12H16N2O3S/c1-18(16,17)11-6-4-10(5-7-11)9-14-12(15)3-2-8-13/h2-7H,8-9,13H2,1H3,(H,14,15)/b3-2+. The molecular formula is C12H16N2O3S. The Hall–Kier alpha value is -1.66. The number of sulfone groups is 1. The number of hydrogen-bond donors (Lipinski definition) is 2. The largest absolute Gasteiger partial charge is 0.348 e. The van der Waals surface area contributed by atoms with Gasteiger partial charge >= 0.3 is 0 Å². The maximum Gasteiger partial charge on any atom is 0.243 e. The molecule has 0 spiro atoms. The van der Waals surface area contributed by atoms with Gasteiger partial charge in [0.05, 0.1) is 4.90 Å². The number of hydrogen-bond acceptors (Lipinski definition) is 4. The second kappa shape index (κ2) is 6.32. The van der Waals surface area contributed by atoms with Gasteiger partial charge < -0.3 is 11.1 Å². The maximum atomic E-state index is 11.3. The van der Waals surface area contributed by atoms with Crippen LogP contribution in [0.2, 0.25) is 0 Å². The predicted molar refractivity (Wildman–Crippen MR) is 69.6 cm³/mol. The Balaban J connectivity index is 2.60. The lowest BCUT2D eigenvalue weighted by molar-refractivity contribution is -0.116. The van der Waals surface area contributed by atoms with Gasteiger partial charge in [0.25, 0.3) is 0 Å². The van der Waals surface area contributed by atoms with Crippen LogP contribution in [0.4, 0.5) is 0 Å². The zero-order valence-electron chi connectivity index (χ0n) is 10.1. The fourth-order valence-electron chi connectivity index (χ4n) is 1.28. The van der Waals surface area contributed by atoms with Crippen LogP contribution in [-0.4, -0.2) is 27.1 Å². The van der Waals surface area contributed by atoms with Crippen LogP contribution in [-0.2, 0) is 21.2 Å². The summed E-state index contributed by atoms with van der Waals surface area (Å²) in [5, 5.41) is 2.66. The van der Waals surface area contributed by atoms with Gasteiger partial charge in [-0.25, -0.2) is 8.42 Å². The highest BCUT2D eigenvalue weighted by Crippen LogP contribution is 2.09. The van der Waals surface area contributed by atoms with E-state index in [-0.39, 0.29) is 10.8 Å². The third kappa shape index (κ3) is 4.68. The molecule has 0 heterocycles. The fraction of sp³-hybridized carbons (Fsp3) is 0.250. The Bertz CT molecular complexity index is 533. The minimum Gasteiger partial charge on any atom is -0.348 e. The highest BCUT2D eigenvalue weighted by Gasteiger charge is 2.06. The molecule has 0 aliphatic carbocycles. The van der Waals surface area contributed by atoms with E-state index < -0.39 is 9.84 Å². The minimum absolute atomic E-state index is 0.229. The van der Waals surface area contributed by atoms with Gasteiger partial charge in [-0.1, -0.05) is 18.2 Å². The van der Waals surface area contributed by atoms with Crippen LogP contribution >= 0.6 is 0 Å². The van der Waals surface area contributed by atoms with E-state index in [1.807, 2.05) is 0 Å². The van der Waals surface area contributed by atoms with E-state index >= 15 is 0 Å². The molecule has 98 valence electrons. The molecule has 0 bridgehead atoms. The van der Waals surface area contributed by atoms with Crippen LogP contribution in [0.5, 0.6) is 0 Å². The van der Waals surface area contributed by atoms with Gasteiger partial charge in [0, 0.05) is 25.4 Å². The van der Waals surface area contributed by atoms with Crippen molar-refractivity contribution in [2.24, 2.45) is 5.73 Å². The maximum absolute atomic E-state index is 11.3. The van der Waals surface area contributed by atoms with Crippen molar-refractivity contribution in [3.8, 4) is 0 Å². The lowest BCUT2D eigenvalue weighted by Gasteiger charge is -2.04. The molecule has 3 N–H and O–H groups in total. The molecule has 0 radical (unpaired) electrons. The summed E-state index contributed by atoms with van der Waals surface area (Å²) < 4.78 is 22.5. The van der Waals surface area contributed by atoms with Crippen molar-refractivity contribution in [3.63, 3.8) is 0 Å². The number of rotatable bonds is 5. The number of carbonyl (C=O) groups is 1. The zero-order chi connectivity index (χ0) is 13.6. The lowest BCUT2D eigenvalue weighted by Crippen LogP contribution is -2.20. The third-order valence-electron chi connectivity index (χ3n) is 2.22. The van der Waals surface area contributed by atoms with E-state index in [1.165, 1.54) is 18.2 Å². The average molecular weight is 268 g/mol. The second-order valence-electron chi connectivity index (χ2n) is 3.77. The van der Waals surface area contributed by atoms with E-state index in [0.717, 1.165) is 11.8 Å². The zero-order valence-corrected chi connectivity index (χ0v) is 10.9. The molecule has 0 fully saturated rings. The van der Waals surface area contributed by atoms with Crippen molar-refractivity contribution in [2.75, 3.05) is 12.8 Å². The molecule has 1 rings (SSSR count). The smallest absolute Gasteiger partial charge is 0.243 e. The summed E-state index contributed by atoms with van der Waals surface area (Å²) in [6.45, 7) is 0.661. The van der Waals surface area contributed by atoms with Crippen LogP contribution in [0.3, 0.4) is 0 Å². The SMILES string of the molecule is CS(=O)(=O)c1ccc(CNC(=O)/C=C/CN)cc1. The first-order valence-electron chi connectivity index (χ1n) is 5.37. The highest BCUT2D eigenvalue weighted by atomic mass is 32.2. The molecular weight excluding hydrogens is 252 g/mol. The van der Waals surface area contributed by atoms with Crippen molar-refractivity contribution in [1.29, 1.82) is 0 Å². The van der Waals surface area contributed by atoms with Crippen molar-refractivity contribution >= 4 is 15.7 Å². The molecule has 1 amide bonds. The Kier molecular flexibility index (Phi) is 5.06. The average Bonchev–Trinajstić information content (AvgIpc) is 2.33. The molecule has 1 aromatic rings. The Labute approximate surface area is 107 Å². The van der Waals surface area contributed by atoms with E-state index in [0.29, 0.717) is 13.1 Å². The minimum atomic E-state index is -3.18. The van der Waals surface area contributed by atoms with Gasteiger partial charge in [-0.2, -0.15) is 0 Å². The van der Waals surface area contributed by atoms with Crippen LogP contribution in [0.25, 0.3) is 0 Å². The van der Waals surface area contributed by atoms with E-state index in [4.69, 9.17) is 5.73 Å². The van der Waals surface area contributed by atoms with E-state index in [2.05, 4.69) is 5.32 Å². The van der Waals surface area contributed by atoms with Crippen LogP contribution in [0, 0.1) is 0 Å². The van der Waals surface area contributed by atoms with Gasteiger partial charge in [-0.15, -0.1) is 0 Å². The molecule has 0 saturated heterocycles.